The van der Waals surface area contributed by atoms with E-state index in [1.807, 2.05) is 25.1 Å². The van der Waals surface area contributed by atoms with Crippen molar-refractivity contribution in [3.63, 3.8) is 0 Å². The summed E-state index contributed by atoms with van der Waals surface area (Å²) in [6.07, 6.45) is 6.83. The first kappa shape index (κ1) is 10.8. The third-order valence-electron chi connectivity index (χ3n) is 3.66. The largest absolute Gasteiger partial charge is 0.279 e. The molecule has 2 aliphatic rings. The number of nitrogens with zero attached hydrogens (tertiary/aromatic N) is 1. The summed E-state index contributed by atoms with van der Waals surface area (Å²) in [7, 11) is 0. The lowest BCUT2D eigenvalue weighted by atomic mass is 9.74. The summed E-state index contributed by atoms with van der Waals surface area (Å²) < 4.78 is 0. The van der Waals surface area contributed by atoms with Crippen molar-refractivity contribution in [3.8, 4) is 0 Å². The molecule has 3 heteroatoms. The predicted molar refractivity (Wildman–Crippen MR) is 72.6 cm³/mol. The fraction of sp³-hybridized carbons (Fsp3) is 0.357. The fourth-order valence-electron chi connectivity index (χ4n) is 2.46. The van der Waals surface area contributed by atoms with Crippen LogP contribution in [0.5, 0.6) is 0 Å². The lowest BCUT2D eigenvalue weighted by molar-refractivity contribution is 0.466. The first-order chi connectivity index (χ1) is 8.24. The molecule has 0 heterocycles. The molecule has 88 valence electrons. The minimum atomic E-state index is 0.656. The molecule has 0 saturated heterocycles. The average Bonchev–Trinajstić information content (AvgIpc) is 2.66. The topological polar surface area (TPSA) is 24.4 Å². The van der Waals surface area contributed by atoms with Crippen molar-refractivity contribution in [3.05, 3.63) is 40.9 Å². The molecular weight excluding hydrogens is 232 g/mol. The van der Waals surface area contributed by atoms with Crippen LogP contribution in [0.15, 0.2) is 35.5 Å². The first-order valence-electron chi connectivity index (χ1n) is 5.99. The zero-order valence-corrected chi connectivity index (χ0v) is 10.5. The Kier molecular flexibility index (Phi) is 2.67. The van der Waals surface area contributed by atoms with Gasteiger partial charge in [-0.1, -0.05) is 29.8 Å². The maximum Gasteiger partial charge on any atom is 0.0576 e. The molecule has 0 radical (unpaired) electrons. The van der Waals surface area contributed by atoms with Gasteiger partial charge in [0.25, 0.3) is 0 Å². The van der Waals surface area contributed by atoms with Gasteiger partial charge in [0.05, 0.1) is 5.69 Å². The highest BCUT2D eigenvalue weighted by Gasteiger charge is 2.37. The Labute approximate surface area is 106 Å². The number of hydrogen-bond donors (Lipinski definition) is 1. The second-order valence-electron chi connectivity index (χ2n) is 4.82. The van der Waals surface area contributed by atoms with Crippen molar-refractivity contribution in [1.82, 2.24) is 0 Å². The van der Waals surface area contributed by atoms with E-state index in [0.29, 0.717) is 5.92 Å². The van der Waals surface area contributed by atoms with Crippen LogP contribution < -0.4 is 5.43 Å². The van der Waals surface area contributed by atoms with Crippen LogP contribution in [-0.2, 0) is 0 Å². The van der Waals surface area contributed by atoms with Crippen LogP contribution in [-0.4, -0.2) is 5.71 Å². The summed E-state index contributed by atoms with van der Waals surface area (Å²) in [6.45, 7) is 2.00. The Morgan fingerprint density at radius 1 is 1.41 bits per heavy atom. The Hall–Kier alpha value is -1.28. The maximum absolute atomic E-state index is 6.07. The van der Waals surface area contributed by atoms with E-state index in [1.54, 1.807) is 0 Å². The van der Waals surface area contributed by atoms with Gasteiger partial charge in [-0.15, -0.1) is 0 Å². The lowest BCUT2D eigenvalue weighted by Gasteiger charge is -2.31. The van der Waals surface area contributed by atoms with Gasteiger partial charge in [0.2, 0.25) is 0 Å². The number of halogens is 1. The number of hydrazone groups is 1. The quantitative estimate of drug-likeness (QED) is 0.619. The van der Waals surface area contributed by atoms with Gasteiger partial charge in [-0.05, 0) is 43.4 Å². The van der Waals surface area contributed by atoms with Crippen LogP contribution in [0.3, 0.4) is 0 Å². The van der Waals surface area contributed by atoms with Crippen molar-refractivity contribution in [2.24, 2.45) is 16.9 Å². The number of hydrogen-bond acceptors (Lipinski definition) is 2. The minimum Gasteiger partial charge on any atom is -0.279 e. The van der Waals surface area contributed by atoms with Crippen molar-refractivity contribution < 1.29 is 0 Å². The van der Waals surface area contributed by atoms with Gasteiger partial charge in [-0.2, -0.15) is 5.10 Å². The number of nitrogens with one attached hydrogen (secondary N) is 1. The fourth-order valence-corrected chi connectivity index (χ4v) is 2.64. The number of rotatable bonds is 2. The van der Waals surface area contributed by atoms with Gasteiger partial charge in [0.1, 0.15) is 0 Å². The van der Waals surface area contributed by atoms with Gasteiger partial charge in [0, 0.05) is 16.7 Å². The number of aryl methyl sites for hydroxylation is 1. The summed E-state index contributed by atoms with van der Waals surface area (Å²) in [6, 6.07) is 5.93. The van der Waals surface area contributed by atoms with Crippen LogP contribution in [0.1, 0.15) is 18.4 Å². The Morgan fingerprint density at radius 2 is 2.29 bits per heavy atom. The summed E-state index contributed by atoms with van der Waals surface area (Å²) in [5, 5.41) is 5.26. The first-order valence-corrected chi connectivity index (χ1v) is 6.37. The third kappa shape index (κ3) is 1.98. The standard InChI is InChI=1S/C14H15ClN2/c1-9-5-6-11(8-13(9)15)16-17-14-7-10-3-2-4-12(10)14/h2-3,5-6,8,10,12,16H,4,7H2,1H3/b17-14-/t10-,12+/m0/s1. The molecular formula is C14H15ClN2. The molecule has 0 bridgehead atoms. The molecule has 2 aliphatic carbocycles. The van der Waals surface area contributed by atoms with E-state index < -0.39 is 0 Å². The van der Waals surface area contributed by atoms with Gasteiger partial charge in [0.15, 0.2) is 0 Å². The molecule has 17 heavy (non-hydrogen) atoms. The molecule has 3 rings (SSSR count). The van der Waals surface area contributed by atoms with Gasteiger partial charge in [-0.3, -0.25) is 5.43 Å². The Balaban J connectivity index is 1.68. The third-order valence-corrected chi connectivity index (χ3v) is 4.07. The minimum absolute atomic E-state index is 0.656. The van der Waals surface area contributed by atoms with E-state index in [9.17, 15) is 0 Å². The van der Waals surface area contributed by atoms with Crippen LogP contribution in [0, 0.1) is 18.8 Å². The molecule has 0 spiro atoms. The smallest absolute Gasteiger partial charge is 0.0576 e. The summed E-state index contributed by atoms with van der Waals surface area (Å²) in [5.41, 5.74) is 6.44. The normalized spacial score (nSPS) is 28.0. The van der Waals surface area contributed by atoms with E-state index in [0.717, 1.165) is 35.0 Å². The second-order valence-corrected chi connectivity index (χ2v) is 5.22. The second kappa shape index (κ2) is 4.19. The van der Waals surface area contributed by atoms with E-state index in [1.165, 1.54) is 5.71 Å². The number of fused-ring (bicyclic) bond motifs is 1. The number of benzene rings is 1. The summed E-state index contributed by atoms with van der Waals surface area (Å²) in [4.78, 5) is 0. The van der Waals surface area contributed by atoms with Crippen molar-refractivity contribution in [2.75, 3.05) is 5.43 Å². The molecule has 2 nitrogen and oxygen atoms in total. The zero-order chi connectivity index (χ0) is 11.8. The molecule has 1 aromatic carbocycles. The highest BCUT2D eigenvalue weighted by molar-refractivity contribution is 6.31. The van der Waals surface area contributed by atoms with Crippen molar-refractivity contribution in [1.29, 1.82) is 0 Å². The Morgan fingerprint density at radius 3 is 3.06 bits per heavy atom. The summed E-state index contributed by atoms with van der Waals surface area (Å²) >= 11 is 6.07. The van der Waals surface area contributed by atoms with Crippen LogP contribution >= 0.6 is 11.6 Å². The molecule has 0 unspecified atom stereocenters. The average molecular weight is 247 g/mol. The van der Waals surface area contributed by atoms with Gasteiger partial charge >= 0.3 is 0 Å². The van der Waals surface area contributed by atoms with E-state index >= 15 is 0 Å². The van der Waals surface area contributed by atoms with Crippen molar-refractivity contribution >= 4 is 23.0 Å². The highest BCUT2D eigenvalue weighted by Crippen LogP contribution is 2.40. The predicted octanol–water partition coefficient (Wildman–Crippen LogP) is 4.01. The molecule has 1 saturated carbocycles. The van der Waals surface area contributed by atoms with Crippen LogP contribution in [0.4, 0.5) is 5.69 Å². The molecule has 0 aliphatic heterocycles. The Bertz CT molecular complexity index is 505. The lowest BCUT2D eigenvalue weighted by Crippen LogP contribution is -2.33. The van der Waals surface area contributed by atoms with Gasteiger partial charge < -0.3 is 0 Å². The SMILES string of the molecule is Cc1ccc(N/N=C2/C[C@@H]3C=CC[C@@H]23)cc1Cl. The van der Waals surface area contributed by atoms with E-state index in [-0.39, 0.29) is 0 Å². The monoisotopic (exact) mass is 246 g/mol. The maximum atomic E-state index is 6.07. The molecule has 1 aromatic rings. The molecule has 0 aromatic heterocycles. The van der Waals surface area contributed by atoms with Crippen molar-refractivity contribution in [2.45, 2.75) is 19.8 Å². The van der Waals surface area contributed by atoms with E-state index in [4.69, 9.17) is 11.6 Å². The summed E-state index contributed by atoms with van der Waals surface area (Å²) in [5.74, 6) is 1.40. The molecule has 1 N–H and O–H groups in total. The van der Waals surface area contributed by atoms with Gasteiger partial charge in [-0.25, -0.2) is 0 Å². The molecule has 2 atom stereocenters. The number of anilines is 1. The number of allylic oxidation sites excluding steroid dienone is 2. The van der Waals surface area contributed by atoms with Crippen LogP contribution in [0.25, 0.3) is 0 Å². The highest BCUT2D eigenvalue weighted by atomic mass is 35.5. The zero-order valence-electron chi connectivity index (χ0n) is 9.78. The van der Waals surface area contributed by atoms with E-state index in [2.05, 4.69) is 22.7 Å². The molecule has 1 fully saturated rings. The van der Waals surface area contributed by atoms with Crippen LogP contribution in [0.2, 0.25) is 5.02 Å². The molecule has 0 amide bonds.